The first-order valence-corrected chi connectivity index (χ1v) is 5.91. The summed E-state index contributed by atoms with van der Waals surface area (Å²) in [5, 5.41) is 11.0. The maximum atomic E-state index is 13.6. The van der Waals surface area contributed by atoms with E-state index in [0.29, 0.717) is 5.69 Å². The van der Waals surface area contributed by atoms with E-state index in [0.717, 1.165) is 12.1 Å². The molecule has 1 heterocycles. The molecule has 0 amide bonds. The molecule has 0 saturated heterocycles. The molecule has 0 bridgehead atoms. The highest BCUT2D eigenvalue weighted by Crippen LogP contribution is 2.30. The Morgan fingerprint density at radius 2 is 2.20 bits per heavy atom. The summed E-state index contributed by atoms with van der Waals surface area (Å²) in [6, 6.07) is 5.02. The molecular weight excluding hydrogens is 289 g/mol. The van der Waals surface area contributed by atoms with Crippen molar-refractivity contribution < 1.29 is 14.1 Å². The van der Waals surface area contributed by atoms with Crippen LogP contribution < -0.4 is 4.74 Å². The Bertz CT molecular complexity index is 646. The van der Waals surface area contributed by atoms with E-state index in [2.05, 4.69) is 9.97 Å². The molecule has 2 rings (SSSR count). The Morgan fingerprint density at radius 3 is 2.85 bits per heavy atom. The quantitative estimate of drug-likeness (QED) is 0.492. The molecule has 0 aliphatic carbocycles. The molecule has 1 aromatic carbocycles. The third-order valence-electron chi connectivity index (χ3n) is 2.36. The summed E-state index contributed by atoms with van der Waals surface area (Å²) < 4.78 is 18.7. The van der Waals surface area contributed by atoms with Gasteiger partial charge in [-0.3, -0.25) is 10.1 Å². The van der Waals surface area contributed by atoms with E-state index in [-0.39, 0.29) is 17.6 Å². The smallest absolute Gasteiger partial charge is 0.314 e. The molecular formula is C12H9ClFN3O3. The molecule has 0 spiro atoms. The Kier molecular flexibility index (Phi) is 4.09. The molecule has 0 N–H and O–H groups in total. The van der Waals surface area contributed by atoms with Gasteiger partial charge in [0.05, 0.1) is 4.92 Å². The number of nitrogens with zero attached hydrogens (tertiary/aromatic N) is 3. The zero-order valence-corrected chi connectivity index (χ0v) is 11.1. The average Bonchev–Trinajstić information content (AvgIpc) is 2.35. The van der Waals surface area contributed by atoms with Crippen LogP contribution >= 0.6 is 11.6 Å². The fraction of sp³-hybridized carbons (Fsp3) is 0.167. The third-order valence-corrected chi connectivity index (χ3v) is 2.55. The number of nitro groups is 1. The number of nitro benzene ring substituents is 1. The molecule has 104 valence electrons. The number of para-hydroxylation sites is 1. The largest absolute Gasteiger partial charge is 0.477 e. The van der Waals surface area contributed by atoms with Crippen molar-refractivity contribution in [1.82, 2.24) is 9.97 Å². The highest BCUT2D eigenvalue weighted by Gasteiger charge is 2.19. The Hall–Kier alpha value is -2.28. The molecule has 20 heavy (non-hydrogen) atoms. The minimum absolute atomic E-state index is 0.215. The zero-order valence-electron chi connectivity index (χ0n) is 10.3. The number of ether oxygens (including phenoxy) is 1. The van der Waals surface area contributed by atoms with E-state index in [1.165, 1.54) is 6.07 Å². The summed E-state index contributed by atoms with van der Waals surface area (Å²) >= 11 is 5.76. The van der Waals surface area contributed by atoms with Crippen molar-refractivity contribution in [3.05, 3.63) is 56.9 Å². The minimum Gasteiger partial charge on any atom is -0.477 e. The normalized spacial score (nSPS) is 10.3. The van der Waals surface area contributed by atoms with Gasteiger partial charge in [0.1, 0.15) is 11.8 Å². The highest BCUT2D eigenvalue weighted by atomic mass is 35.5. The van der Waals surface area contributed by atoms with Crippen LogP contribution in [0.2, 0.25) is 5.15 Å². The maximum absolute atomic E-state index is 13.6. The molecule has 0 atom stereocenters. The van der Waals surface area contributed by atoms with Crippen molar-refractivity contribution >= 4 is 17.3 Å². The number of aryl methyl sites for hydroxylation is 1. The second-order valence-corrected chi connectivity index (χ2v) is 4.27. The number of benzene rings is 1. The monoisotopic (exact) mass is 297 g/mol. The minimum atomic E-state index is -0.821. The van der Waals surface area contributed by atoms with Crippen molar-refractivity contribution in [2.45, 2.75) is 13.5 Å². The molecule has 2 aromatic rings. The van der Waals surface area contributed by atoms with E-state index < -0.39 is 22.2 Å². The van der Waals surface area contributed by atoms with Crippen LogP contribution in [-0.2, 0) is 6.61 Å². The lowest BCUT2D eigenvalue weighted by atomic mass is 10.3. The molecule has 6 nitrogen and oxygen atoms in total. The molecule has 1 aromatic heterocycles. The number of rotatable bonds is 4. The van der Waals surface area contributed by atoms with Crippen LogP contribution in [0.1, 0.15) is 11.5 Å². The summed E-state index contributed by atoms with van der Waals surface area (Å²) in [7, 11) is 0. The average molecular weight is 298 g/mol. The van der Waals surface area contributed by atoms with Gasteiger partial charge < -0.3 is 4.74 Å². The molecule has 0 unspecified atom stereocenters. The lowest BCUT2D eigenvalue weighted by molar-refractivity contribution is -0.386. The Balaban J connectivity index is 2.25. The van der Waals surface area contributed by atoms with Gasteiger partial charge in [-0.15, -0.1) is 0 Å². The van der Waals surface area contributed by atoms with Crippen molar-refractivity contribution in [2.24, 2.45) is 0 Å². The van der Waals surface area contributed by atoms with E-state index in [4.69, 9.17) is 16.3 Å². The standard InChI is InChI=1S/C12H9ClFN3O3/c1-7-5-10(13)16-11(15-7)6-20-12-8(14)3-2-4-9(12)17(18)19/h2-5H,6H2,1H3. The van der Waals surface area contributed by atoms with Crippen LogP contribution in [0.3, 0.4) is 0 Å². The molecule has 0 saturated carbocycles. The van der Waals surface area contributed by atoms with Crippen LogP contribution in [-0.4, -0.2) is 14.9 Å². The number of hydrogen-bond acceptors (Lipinski definition) is 5. The molecule has 0 radical (unpaired) electrons. The van der Waals surface area contributed by atoms with Crippen molar-refractivity contribution in [2.75, 3.05) is 0 Å². The highest BCUT2D eigenvalue weighted by molar-refractivity contribution is 6.29. The summed E-state index contributed by atoms with van der Waals surface area (Å²) in [6.45, 7) is 1.49. The van der Waals surface area contributed by atoms with Crippen LogP contribution in [0.15, 0.2) is 24.3 Å². The van der Waals surface area contributed by atoms with Crippen LogP contribution in [0, 0.1) is 22.9 Å². The van der Waals surface area contributed by atoms with Crippen LogP contribution in [0.5, 0.6) is 5.75 Å². The Labute approximate surface area is 118 Å². The molecule has 0 fully saturated rings. The fourth-order valence-corrected chi connectivity index (χ4v) is 1.83. The van der Waals surface area contributed by atoms with Crippen molar-refractivity contribution in [3.8, 4) is 5.75 Å². The molecule has 0 aliphatic heterocycles. The summed E-state index contributed by atoms with van der Waals surface area (Å²) in [6.07, 6.45) is 0. The lowest BCUT2D eigenvalue weighted by Gasteiger charge is -2.07. The number of halogens is 2. The van der Waals surface area contributed by atoms with Gasteiger partial charge in [-0.2, -0.15) is 0 Å². The SMILES string of the molecule is Cc1cc(Cl)nc(COc2c(F)cccc2[N+](=O)[O-])n1. The van der Waals surface area contributed by atoms with E-state index in [9.17, 15) is 14.5 Å². The fourth-order valence-electron chi connectivity index (χ4n) is 1.57. The van der Waals surface area contributed by atoms with Gasteiger partial charge in [0.15, 0.2) is 11.6 Å². The van der Waals surface area contributed by atoms with Gasteiger partial charge in [0, 0.05) is 11.8 Å². The van der Waals surface area contributed by atoms with Gasteiger partial charge in [-0.1, -0.05) is 17.7 Å². The lowest BCUT2D eigenvalue weighted by Crippen LogP contribution is -2.05. The van der Waals surface area contributed by atoms with E-state index in [1.807, 2.05) is 0 Å². The predicted octanol–water partition coefficient (Wildman–Crippen LogP) is 3.06. The zero-order chi connectivity index (χ0) is 14.7. The third kappa shape index (κ3) is 3.18. The number of hydrogen-bond donors (Lipinski definition) is 0. The van der Waals surface area contributed by atoms with Gasteiger partial charge in [0.2, 0.25) is 5.75 Å². The first-order chi connectivity index (χ1) is 9.47. The second-order valence-electron chi connectivity index (χ2n) is 3.88. The topological polar surface area (TPSA) is 78.2 Å². The number of aromatic nitrogens is 2. The van der Waals surface area contributed by atoms with Gasteiger partial charge in [0.25, 0.3) is 0 Å². The van der Waals surface area contributed by atoms with Crippen molar-refractivity contribution in [3.63, 3.8) is 0 Å². The summed E-state index contributed by atoms with van der Waals surface area (Å²) in [5.41, 5.74) is 0.162. The predicted molar refractivity (Wildman–Crippen MR) is 69.2 cm³/mol. The molecule has 0 aliphatic rings. The maximum Gasteiger partial charge on any atom is 0.314 e. The van der Waals surface area contributed by atoms with Crippen LogP contribution in [0.4, 0.5) is 10.1 Å². The molecule has 8 heteroatoms. The van der Waals surface area contributed by atoms with Crippen molar-refractivity contribution in [1.29, 1.82) is 0 Å². The van der Waals surface area contributed by atoms with Gasteiger partial charge >= 0.3 is 5.69 Å². The first kappa shape index (κ1) is 14.1. The van der Waals surface area contributed by atoms with Gasteiger partial charge in [-0.05, 0) is 19.1 Å². The Morgan fingerprint density at radius 1 is 1.45 bits per heavy atom. The van der Waals surface area contributed by atoms with E-state index >= 15 is 0 Å². The summed E-state index contributed by atoms with van der Waals surface area (Å²) in [5.74, 6) is -1.05. The van der Waals surface area contributed by atoms with Gasteiger partial charge in [-0.25, -0.2) is 14.4 Å². The first-order valence-electron chi connectivity index (χ1n) is 5.53. The second kappa shape index (κ2) is 5.79. The summed E-state index contributed by atoms with van der Waals surface area (Å²) in [4.78, 5) is 18.0. The van der Waals surface area contributed by atoms with Crippen LogP contribution in [0.25, 0.3) is 0 Å². The van der Waals surface area contributed by atoms with E-state index in [1.54, 1.807) is 13.0 Å².